The summed E-state index contributed by atoms with van der Waals surface area (Å²) in [6, 6.07) is 16.3. The van der Waals surface area contributed by atoms with Gasteiger partial charge in [-0.1, -0.05) is 0 Å². The third kappa shape index (κ3) is 4.07. The summed E-state index contributed by atoms with van der Waals surface area (Å²) in [4.78, 5) is 19.2. The van der Waals surface area contributed by atoms with Crippen molar-refractivity contribution >= 4 is 45.7 Å². The Kier molecular flexibility index (Phi) is 6.51. The Balaban J connectivity index is 0.00000272. The fourth-order valence-electron chi connectivity index (χ4n) is 3.54. The van der Waals surface area contributed by atoms with Gasteiger partial charge in [0.2, 0.25) is 5.36 Å². The molecule has 0 spiro atoms. The van der Waals surface area contributed by atoms with Crippen molar-refractivity contribution in [2.24, 2.45) is 4.99 Å². The van der Waals surface area contributed by atoms with E-state index in [4.69, 9.17) is 16.6 Å². The minimum atomic E-state index is -1.02. The van der Waals surface area contributed by atoms with E-state index < -0.39 is 5.97 Å². The lowest BCUT2D eigenvalue weighted by Crippen LogP contribution is -3.00. The van der Waals surface area contributed by atoms with Crippen LogP contribution in [0.2, 0.25) is 0 Å². The Morgan fingerprint density at radius 1 is 1.13 bits per heavy atom. The lowest BCUT2D eigenvalue weighted by Gasteiger charge is -2.17. The van der Waals surface area contributed by atoms with E-state index in [1.165, 1.54) is 6.07 Å². The van der Waals surface area contributed by atoms with Crippen LogP contribution < -0.4 is 28.1 Å². The molecular weight excluding hydrogens is 434 g/mol. The standard InChI is InChI=1S/C23H17N3O3S.ClH/c1-24-13-3-7-17-20(10-13)29-21-11-14(25-2)4-8-18(21)22(17)19-9-15(26-12-30)5-6-16(19)23(27)28;/h3-11,24H,1-2H3,(H,27,28);1H. The molecule has 4 rings (SSSR count). The first-order valence-corrected chi connectivity index (χ1v) is 9.61. The number of halogens is 1. The van der Waals surface area contributed by atoms with Crippen molar-refractivity contribution in [2.75, 3.05) is 19.4 Å². The fourth-order valence-corrected chi connectivity index (χ4v) is 3.64. The number of fused-ring (bicyclic) bond motifs is 2. The summed E-state index contributed by atoms with van der Waals surface area (Å²) in [5.41, 5.74) is 4.32. The number of carboxylic acids is 1. The molecule has 156 valence electrons. The van der Waals surface area contributed by atoms with Crippen molar-refractivity contribution in [3.8, 4) is 22.5 Å². The highest BCUT2D eigenvalue weighted by Crippen LogP contribution is 2.42. The third-order valence-corrected chi connectivity index (χ3v) is 5.07. The molecule has 1 heterocycles. The number of anilines is 1. The van der Waals surface area contributed by atoms with Crippen molar-refractivity contribution in [2.45, 2.75) is 0 Å². The molecule has 2 aromatic rings. The molecule has 8 heteroatoms. The predicted octanol–water partition coefficient (Wildman–Crippen LogP) is 0.294. The van der Waals surface area contributed by atoms with E-state index in [0.29, 0.717) is 22.6 Å². The average Bonchev–Trinajstić information content (AvgIpc) is 2.76. The molecule has 6 nitrogen and oxygen atoms in total. The zero-order valence-electron chi connectivity index (χ0n) is 16.7. The Morgan fingerprint density at radius 3 is 2.61 bits per heavy atom. The zero-order chi connectivity index (χ0) is 21.3. The number of thiocarbonyl (C=S) groups is 1. The van der Waals surface area contributed by atoms with Crippen LogP contribution >= 0.6 is 12.2 Å². The van der Waals surface area contributed by atoms with Crippen LogP contribution in [0.15, 0.2) is 64.0 Å². The number of hydrogen-bond acceptors (Lipinski definition) is 5. The van der Waals surface area contributed by atoms with Crippen LogP contribution in [0.25, 0.3) is 33.4 Å². The van der Waals surface area contributed by atoms with Gasteiger partial charge in [0.15, 0.2) is 0 Å². The maximum atomic E-state index is 12.0. The van der Waals surface area contributed by atoms with Gasteiger partial charge in [-0.25, -0.2) is 9.79 Å². The number of aromatic carboxylic acids is 1. The second-order valence-electron chi connectivity index (χ2n) is 6.64. The molecule has 0 bridgehead atoms. The highest BCUT2D eigenvalue weighted by Gasteiger charge is 2.22. The average molecular weight is 452 g/mol. The van der Waals surface area contributed by atoms with E-state index >= 15 is 0 Å². The Labute approximate surface area is 189 Å². The number of carboxylic acid groups (broad SMARTS) is 1. The van der Waals surface area contributed by atoms with Gasteiger partial charge in [0.05, 0.1) is 22.5 Å². The molecule has 0 unspecified atom stereocenters. The van der Waals surface area contributed by atoms with Gasteiger partial charge < -0.3 is 27.2 Å². The quantitative estimate of drug-likeness (QED) is 0.236. The maximum Gasteiger partial charge on any atom is 0.336 e. The van der Waals surface area contributed by atoms with Gasteiger partial charge >= 0.3 is 5.97 Å². The zero-order valence-corrected chi connectivity index (χ0v) is 18.3. The molecule has 1 aliphatic carbocycles. The number of nitrogens with zero attached hydrogens (tertiary/aromatic N) is 1. The molecule has 3 N–H and O–H groups in total. The molecule has 0 aromatic heterocycles. The third-order valence-electron chi connectivity index (χ3n) is 4.98. The summed E-state index contributed by atoms with van der Waals surface area (Å²) in [5.74, 6) is -0.388. The fraction of sp³-hybridized carbons (Fsp3) is 0.0870. The molecule has 0 saturated heterocycles. The van der Waals surface area contributed by atoms with Gasteiger partial charge in [-0.05, 0) is 54.2 Å². The largest absolute Gasteiger partial charge is 1.00 e. The minimum Gasteiger partial charge on any atom is -1.00 e. The number of nitrogens with one attached hydrogen (secondary N) is 2. The van der Waals surface area contributed by atoms with Crippen LogP contribution in [0.1, 0.15) is 10.4 Å². The summed E-state index contributed by atoms with van der Waals surface area (Å²) in [6.07, 6.45) is 0. The first-order chi connectivity index (χ1) is 14.5. The second kappa shape index (κ2) is 9.10. The molecule has 1 aliphatic heterocycles. The van der Waals surface area contributed by atoms with Crippen LogP contribution in [-0.4, -0.2) is 30.3 Å². The summed E-state index contributed by atoms with van der Waals surface area (Å²) in [5, 5.41) is 17.0. The summed E-state index contributed by atoms with van der Waals surface area (Å²) < 4.78 is 6.19. The molecule has 2 aliphatic rings. The van der Waals surface area contributed by atoms with E-state index in [-0.39, 0.29) is 18.0 Å². The van der Waals surface area contributed by atoms with Crippen LogP contribution in [0.3, 0.4) is 0 Å². The molecular formula is C23H18ClN3O3S. The van der Waals surface area contributed by atoms with Crippen molar-refractivity contribution in [1.29, 1.82) is 0 Å². The van der Waals surface area contributed by atoms with Crippen LogP contribution in [-0.2, 0) is 0 Å². The van der Waals surface area contributed by atoms with E-state index in [1.807, 2.05) is 50.5 Å². The lowest BCUT2D eigenvalue weighted by atomic mass is 9.90. The van der Waals surface area contributed by atoms with Crippen LogP contribution in [0.4, 0.5) is 11.4 Å². The minimum absolute atomic E-state index is 0. The first-order valence-electron chi connectivity index (χ1n) is 9.20. The van der Waals surface area contributed by atoms with Gasteiger partial charge in [-0.15, -0.1) is 0 Å². The highest BCUT2D eigenvalue weighted by atomic mass is 35.5. The monoisotopic (exact) mass is 451 g/mol. The first kappa shape index (κ1) is 22.2. The number of carbonyl (C=O) groups is 1. The van der Waals surface area contributed by atoms with Crippen LogP contribution in [0.5, 0.6) is 0 Å². The van der Waals surface area contributed by atoms with Crippen molar-refractivity contribution in [1.82, 2.24) is 0 Å². The van der Waals surface area contributed by atoms with Gasteiger partial charge in [0, 0.05) is 41.4 Å². The SMILES string of the molecule is CNc1ccc2c(-c3cc(N=C=S)ccc3C(=O)O)c3ccc(=[NH+]C)cc-3oc2c1.[Cl-]. The Morgan fingerprint density at radius 2 is 1.94 bits per heavy atom. The van der Waals surface area contributed by atoms with Crippen molar-refractivity contribution < 1.29 is 31.7 Å². The molecule has 0 amide bonds. The van der Waals surface area contributed by atoms with Gasteiger partial charge in [0.25, 0.3) is 0 Å². The van der Waals surface area contributed by atoms with E-state index in [2.05, 4.69) is 20.5 Å². The number of rotatable bonds is 4. The predicted molar refractivity (Wildman–Crippen MR) is 119 cm³/mol. The number of aliphatic imine (C=N–C) groups is 1. The van der Waals surface area contributed by atoms with Crippen LogP contribution in [0, 0.1) is 0 Å². The van der Waals surface area contributed by atoms with E-state index in [9.17, 15) is 9.90 Å². The number of hydrogen-bond donors (Lipinski definition) is 3. The molecule has 2 aromatic carbocycles. The van der Waals surface area contributed by atoms with Crippen molar-refractivity contribution in [3.63, 3.8) is 0 Å². The lowest BCUT2D eigenvalue weighted by molar-refractivity contribution is -0.465. The topological polar surface area (TPSA) is 88.8 Å². The van der Waals surface area contributed by atoms with Gasteiger partial charge in [0.1, 0.15) is 18.4 Å². The Hall–Kier alpha value is -3.51. The van der Waals surface area contributed by atoms with E-state index in [1.54, 1.807) is 12.1 Å². The molecule has 0 fully saturated rings. The number of benzene rings is 3. The van der Waals surface area contributed by atoms with Crippen molar-refractivity contribution in [3.05, 3.63) is 65.5 Å². The van der Waals surface area contributed by atoms with Gasteiger partial charge in [-0.3, -0.25) is 0 Å². The molecule has 0 saturated carbocycles. The molecule has 31 heavy (non-hydrogen) atoms. The Bertz CT molecular complexity index is 1390. The van der Waals surface area contributed by atoms with E-state index in [0.717, 1.165) is 27.6 Å². The number of isothiocyanates is 1. The second-order valence-corrected chi connectivity index (χ2v) is 6.82. The highest BCUT2D eigenvalue weighted by molar-refractivity contribution is 7.78. The van der Waals surface area contributed by atoms with Gasteiger partial charge in [-0.2, -0.15) is 4.99 Å². The molecule has 0 atom stereocenters. The normalized spacial score (nSPS) is 11.1. The summed E-state index contributed by atoms with van der Waals surface area (Å²) >= 11 is 4.73. The summed E-state index contributed by atoms with van der Waals surface area (Å²) in [6.45, 7) is 0. The summed E-state index contributed by atoms with van der Waals surface area (Å²) in [7, 11) is 3.66. The maximum absolute atomic E-state index is 12.0. The smallest absolute Gasteiger partial charge is 0.336 e. The molecule has 0 radical (unpaired) electrons.